The van der Waals surface area contributed by atoms with Gasteiger partial charge in [-0.25, -0.2) is 4.79 Å². The van der Waals surface area contributed by atoms with Crippen LogP contribution in [0.4, 0.5) is 0 Å². The summed E-state index contributed by atoms with van der Waals surface area (Å²) in [5, 5.41) is 3.69. The van der Waals surface area contributed by atoms with Gasteiger partial charge in [0.15, 0.2) is 0 Å². The van der Waals surface area contributed by atoms with E-state index in [0.29, 0.717) is 31.6 Å². The number of esters is 1. The second kappa shape index (κ2) is 13.6. The van der Waals surface area contributed by atoms with Crippen molar-refractivity contribution in [2.75, 3.05) is 18.9 Å². The minimum atomic E-state index is -0.368. The summed E-state index contributed by atoms with van der Waals surface area (Å²) in [6, 6.07) is 0. The van der Waals surface area contributed by atoms with Crippen LogP contribution in [-0.2, 0) is 14.3 Å². The van der Waals surface area contributed by atoms with E-state index in [9.17, 15) is 9.59 Å². The Labute approximate surface area is 160 Å². The van der Waals surface area contributed by atoms with Crippen molar-refractivity contribution in [3.8, 4) is 0 Å². The van der Waals surface area contributed by atoms with Crippen LogP contribution in [-0.4, -0.2) is 36.0 Å². The van der Waals surface area contributed by atoms with Crippen LogP contribution in [0.1, 0.15) is 65.2 Å². The minimum Gasteiger partial charge on any atom is -0.462 e. The molecule has 1 heterocycles. The van der Waals surface area contributed by atoms with E-state index in [-0.39, 0.29) is 11.9 Å². The number of rotatable bonds is 13. The predicted molar refractivity (Wildman–Crippen MR) is 109 cm³/mol. The Morgan fingerprint density at radius 2 is 2.04 bits per heavy atom. The number of carbonyl (C=O) groups is 2. The van der Waals surface area contributed by atoms with Crippen LogP contribution in [0.2, 0.25) is 0 Å². The quantitative estimate of drug-likeness (QED) is 0.214. The number of hydrogen-bond acceptors (Lipinski definition) is 5. The van der Waals surface area contributed by atoms with Gasteiger partial charge in [-0.05, 0) is 44.9 Å². The van der Waals surface area contributed by atoms with Crippen LogP contribution in [0, 0.1) is 5.92 Å². The smallest absolute Gasteiger partial charge is 0.333 e. The fraction of sp³-hybridized carbons (Fsp3) is 0.789. The van der Waals surface area contributed by atoms with Crippen molar-refractivity contribution in [3.63, 3.8) is 0 Å². The van der Waals surface area contributed by atoms with Gasteiger partial charge in [0.05, 0.1) is 6.61 Å². The lowest BCUT2D eigenvalue weighted by Crippen LogP contribution is -2.25. The number of carbonyl (C=O) groups excluding carboxylic acids is 2. The van der Waals surface area contributed by atoms with Crippen molar-refractivity contribution in [2.45, 2.75) is 70.5 Å². The molecule has 0 spiro atoms. The molecular formula is C19H33NO3S2. The number of ether oxygens (including phenoxy) is 1. The molecule has 0 aliphatic carbocycles. The van der Waals surface area contributed by atoms with Crippen LogP contribution >= 0.6 is 21.6 Å². The fourth-order valence-corrected chi connectivity index (χ4v) is 6.12. The summed E-state index contributed by atoms with van der Waals surface area (Å²) in [7, 11) is 4.05. The second-order valence-electron chi connectivity index (χ2n) is 6.66. The van der Waals surface area contributed by atoms with Crippen molar-refractivity contribution < 1.29 is 14.3 Å². The Morgan fingerprint density at radius 1 is 1.28 bits per heavy atom. The molecule has 1 saturated heterocycles. The molecule has 0 saturated carbocycles. The molecule has 1 aliphatic rings. The number of hydrogen-bond donors (Lipinski definition) is 1. The van der Waals surface area contributed by atoms with Crippen LogP contribution in [0.25, 0.3) is 0 Å². The maximum absolute atomic E-state index is 11.9. The van der Waals surface area contributed by atoms with E-state index in [1.54, 1.807) is 6.92 Å². The van der Waals surface area contributed by atoms with Crippen molar-refractivity contribution in [1.29, 1.82) is 0 Å². The summed E-state index contributed by atoms with van der Waals surface area (Å²) in [6.07, 6.45) is 8.51. The zero-order valence-electron chi connectivity index (χ0n) is 15.7. The topological polar surface area (TPSA) is 55.4 Å². The van der Waals surface area contributed by atoms with Crippen LogP contribution in [0.15, 0.2) is 12.2 Å². The normalized spacial score (nSPS) is 17.9. The molecule has 1 aliphatic heterocycles. The van der Waals surface area contributed by atoms with Crippen molar-refractivity contribution in [3.05, 3.63) is 12.2 Å². The maximum atomic E-state index is 11.9. The van der Waals surface area contributed by atoms with Gasteiger partial charge in [0.25, 0.3) is 0 Å². The zero-order valence-corrected chi connectivity index (χ0v) is 17.3. The van der Waals surface area contributed by atoms with Gasteiger partial charge < -0.3 is 10.1 Å². The van der Waals surface area contributed by atoms with Crippen LogP contribution < -0.4 is 5.32 Å². The van der Waals surface area contributed by atoms with Gasteiger partial charge in [-0.2, -0.15) is 0 Å². The molecule has 1 amide bonds. The largest absolute Gasteiger partial charge is 0.462 e. The minimum absolute atomic E-state index is 0.105. The van der Waals surface area contributed by atoms with E-state index in [2.05, 4.69) is 29.6 Å². The lowest BCUT2D eigenvalue weighted by molar-refractivity contribution is -0.138. The summed E-state index contributed by atoms with van der Waals surface area (Å²) in [4.78, 5) is 23.1. The van der Waals surface area contributed by atoms with Crippen molar-refractivity contribution in [2.24, 2.45) is 5.92 Å². The van der Waals surface area contributed by atoms with Gasteiger partial charge in [-0.15, -0.1) is 0 Å². The fourth-order valence-electron chi connectivity index (χ4n) is 2.85. The highest BCUT2D eigenvalue weighted by Crippen LogP contribution is 2.44. The van der Waals surface area contributed by atoms with Gasteiger partial charge in [0.1, 0.15) is 0 Å². The Morgan fingerprint density at radius 3 is 2.68 bits per heavy atom. The molecule has 2 atom stereocenters. The maximum Gasteiger partial charge on any atom is 0.333 e. The molecule has 1 N–H and O–H groups in total. The molecule has 1 fully saturated rings. The van der Waals surface area contributed by atoms with Crippen molar-refractivity contribution in [1.82, 2.24) is 5.32 Å². The lowest BCUT2D eigenvalue weighted by Gasteiger charge is -2.22. The Balaban J connectivity index is 2.11. The highest BCUT2D eigenvalue weighted by atomic mass is 33.1. The van der Waals surface area contributed by atoms with Crippen molar-refractivity contribution >= 4 is 33.5 Å². The van der Waals surface area contributed by atoms with E-state index in [1.807, 2.05) is 10.8 Å². The molecule has 144 valence electrons. The van der Waals surface area contributed by atoms with E-state index < -0.39 is 0 Å². The second-order valence-corrected chi connectivity index (χ2v) is 9.39. The molecule has 0 radical (unpaired) electrons. The predicted octanol–water partition coefficient (Wildman–Crippen LogP) is 4.74. The summed E-state index contributed by atoms with van der Waals surface area (Å²) in [5.41, 5.74) is 0.403. The average Bonchev–Trinajstić information content (AvgIpc) is 3.11. The Kier molecular flexibility index (Phi) is 12.2. The number of unbranched alkanes of at least 4 members (excludes halogenated alkanes) is 1. The van der Waals surface area contributed by atoms with E-state index in [1.165, 1.54) is 31.4 Å². The van der Waals surface area contributed by atoms with E-state index in [0.717, 1.165) is 24.0 Å². The zero-order chi connectivity index (χ0) is 18.5. The number of nitrogens with one attached hydrogen (secondary N) is 1. The summed E-state index contributed by atoms with van der Waals surface area (Å²) in [6.45, 7) is 8.27. The average molecular weight is 388 g/mol. The van der Waals surface area contributed by atoms with E-state index in [4.69, 9.17) is 4.74 Å². The van der Waals surface area contributed by atoms with E-state index >= 15 is 0 Å². The highest BCUT2D eigenvalue weighted by molar-refractivity contribution is 8.77. The Hall–Kier alpha value is -0.620. The van der Waals surface area contributed by atoms with Gasteiger partial charge in [-0.3, -0.25) is 4.79 Å². The first-order valence-corrected chi connectivity index (χ1v) is 11.8. The molecule has 0 aromatic carbocycles. The first-order chi connectivity index (χ1) is 12.0. The first-order valence-electron chi connectivity index (χ1n) is 9.42. The van der Waals surface area contributed by atoms with Crippen LogP contribution in [0.3, 0.4) is 0 Å². The molecular weight excluding hydrogens is 354 g/mol. The standard InChI is InChI=1S/C19H33NO3S2/c1-4-5-8-16(17-11-14-24-25-17)9-6-10-18(21)20-12-7-13-23-19(22)15(2)3/h16-17H,2,4-14H2,1,3H3,(H,20,21). The monoisotopic (exact) mass is 387 g/mol. The third-order valence-corrected chi connectivity index (χ3v) is 7.39. The lowest BCUT2D eigenvalue weighted by atomic mass is 9.91. The molecule has 25 heavy (non-hydrogen) atoms. The molecule has 0 bridgehead atoms. The van der Waals surface area contributed by atoms with Crippen LogP contribution in [0.5, 0.6) is 0 Å². The van der Waals surface area contributed by atoms with Gasteiger partial charge in [0, 0.05) is 29.5 Å². The molecule has 6 heteroatoms. The molecule has 1 rings (SSSR count). The summed E-state index contributed by atoms with van der Waals surface area (Å²) in [5.74, 6) is 1.77. The SMILES string of the molecule is C=C(C)C(=O)OCCCNC(=O)CCCC(CCCC)C1CCSS1. The first kappa shape index (κ1) is 22.4. The van der Waals surface area contributed by atoms with Gasteiger partial charge in [0.2, 0.25) is 5.91 Å². The molecule has 4 nitrogen and oxygen atoms in total. The highest BCUT2D eigenvalue weighted by Gasteiger charge is 2.25. The summed E-state index contributed by atoms with van der Waals surface area (Å²) >= 11 is 0. The third-order valence-electron chi connectivity index (χ3n) is 4.34. The summed E-state index contributed by atoms with van der Waals surface area (Å²) < 4.78 is 5.00. The number of amides is 1. The molecule has 0 aromatic heterocycles. The Bertz CT molecular complexity index is 423. The van der Waals surface area contributed by atoms with Gasteiger partial charge >= 0.3 is 5.97 Å². The molecule has 2 unspecified atom stereocenters. The van der Waals surface area contributed by atoms with Gasteiger partial charge in [-0.1, -0.05) is 47.9 Å². The third kappa shape index (κ3) is 10.2. The molecule has 0 aromatic rings.